The highest BCUT2D eigenvalue weighted by atomic mass is 32.1. The van der Waals surface area contributed by atoms with Crippen LogP contribution in [0.15, 0.2) is 17.8 Å². The van der Waals surface area contributed by atoms with Crippen molar-refractivity contribution in [2.24, 2.45) is 7.05 Å². The Morgan fingerprint density at radius 2 is 2.44 bits per heavy atom. The predicted molar refractivity (Wildman–Crippen MR) is 63.0 cm³/mol. The molecule has 0 aliphatic rings. The molecule has 0 saturated carbocycles. The summed E-state index contributed by atoms with van der Waals surface area (Å²) in [6, 6.07) is 0.315. The predicted octanol–water partition coefficient (Wildman–Crippen LogP) is 1.51. The van der Waals surface area contributed by atoms with Gasteiger partial charge in [0.2, 0.25) is 0 Å². The van der Waals surface area contributed by atoms with Crippen LogP contribution in [0.25, 0.3) is 0 Å². The molecule has 5 nitrogen and oxygen atoms in total. The molecule has 1 unspecified atom stereocenters. The number of rotatable bonds is 5. The minimum absolute atomic E-state index is 0.315. The van der Waals surface area contributed by atoms with Crippen LogP contribution in [0, 0.1) is 0 Å². The Bertz CT molecular complexity index is 422. The SMILES string of the molecule is CCC(NCc1cnnn1C)c1nccs1. The van der Waals surface area contributed by atoms with Crippen molar-refractivity contribution in [3.05, 3.63) is 28.5 Å². The zero-order valence-corrected chi connectivity index (χ0v) is 10.2. The summed E-state index contributed by atoms with van der Waals surface area (Å²) in [5, 5.41) is 14.3. The lowest BCUT2D eigenvalue weighted by Gasteiger charge is -2.13. The summed E-state index contributed by atoms with van der Waals surface area (Å²) in [4.78, 5) is 4.33. The van der Waals surface area contributed by atoms with E-state index >= 15 is 0 Å². The van der Waals surface area contributed by atoms with E-state index in [2.05, 4.69) is 27.5 Å². The fourth-order valence-corrected chi connectivity index (χ4v) is 2.31. The molecule has 2 aromatic rings. The fraction of sp³-hybridized carbons (Fsp3) is 0.500. The average molecular weight is 237 g/mol. The van der Waals surface area contributed by atoms with Crippen molar-refractivity contribution >= 4 is 11.3 Å². The molecule has 0 aliphatic heterocycles. The second-order valence-electron chi connectivity index (χ2n) is 3.56. The third-order valence-electron chi connectivity index (χ3n) is 2.50. The van der Waals surface area contributed by atoms with Gasteiger partial charge in [-0.15, -0.1) is 16.4 Å². The van der Waals surface area contributed by atoms with Crippen molar-refractivity contribution in [3.63, 3.8) is 0 Å². The highest BCUT2D eigenvalue weighted by Crippen LogP contribution is 2.18. The molecule has 0 amide bonds. The van der Waals surface area contributed by atoms with Crippen LogP contribution in [0.1, 0.15) is 30.1 Å². The van der Waals surface area contributed by atoms with E-state index in [1.807, 2.05) is 18.6 Å². The molecule has 0 fully saturated rings. The maximum Gasteiger partial charge on any atom is 0.109 e. The van der Waals surface area contributed by atoms with Crippen LogP contribution in [0.4, 0.5) is 0 Å². The summed E-state index contributed by atoms with van der Waals surface area (Å²) in [6.45, 7) is 2.92. The van der Waals surface area contributed by atoms with Gasteiger partial charge in [-0.3, -0.25) is 4.68 Å². The Balaban J connectivity index is 1.96. The van der Waals surface area contributed by atoms with Gasteiger partial charge in [0.05, 0.1) is 17.9 Å². The van der Waals surface area contributed by atoms with Gasteiger partial charge in [0.15, 0.2) is 0 Å². The van der Waals surface area contributed by atoms with Gasteiger partial charge in [0, 0.05) is 25.2 Å². The van der Waals surface area contributed by atoms with E-state index in [4.69, 9.17) is 0 Å². The highest BCUT2D eigenvalue weighted by Gasteiger charge is 2.11. The lowest BCUT2D eigenvalue weighted by atomic mass is 10.2. The quantitative estimate of drug-likeness (QED) is 0.856. The number of aromatic nitrogens is 4. The first-order chi connectivity index (χ1) is 7.81. The van der Waals surface area contributed by atoms with Gasteiger partial charge in [-0.1, -0.05) is 12.1 Å². The molecule has 2 rings (SSSR count). The Hall–Kier alpha value is -1.27. The third-order valence-corrected chi connectivity index (χ3v) is 3.38. The number of nitrogens with zero attached hydrogens (tertiary/aromatic N) is 4. The Morgan fingerprint density at radius 3 is 3.00 bits per heavy atom. The van der Waals surface area contributed by atoms with Crippen molar-refractivity contribution in [3.8, 4) is 0 Å². The van der Waals surface area contributed by atoms with Gasteiger partial charge in [-0.05, 0) is 6.42 Å². The van der Waals surface area contributed by atoms with Crippen LogP contribution in [-0.4, -0.2) is 20.0 Å². The smallest absolute Gasteiger partial charge is 0.109 e. The second kappa shape index (κ2) is 5.18. The largest absolute Gasteiger partial charge is 0.302 e. The summed E-state index contributed by atoms with van der Waals surface area (Å²) in [6.07, 6.45) is 4.65. The van der Waals surface area contributed by atoms with Crippen LogP contribution in [-0.2, 0) is 13.6 Å². The first-order valence-electron chi connectivity index (χ1n) is 5.27. The molecule has 6 heteroatoms. The number of hydrogen-bond acceptors (Lipinski definition) is 5. The third kappa shape index (κ3) is 2.45. The van der Waals surface area contributed by atoms with E-state index < -0.39 is 0 Å². The minimum atomic E-state index is 0.315. The zero-order valence-electron chi connectivity index (χ0n) is 9.42. The maximum absolute atomic E-state index is 4.33. The van der Waals surface area contributed by atoms with E-state index in [0.29, 0.717) is 6.04 Å². The molecular formula is C10H15N5S. The first-order valence-corrected chi connectivity index (χ1v) is 6.15. The lowest BCUT2D eigenvalue weighted by molar-refractivity contribution is 0.500. The van der Waals surface area contributed by atoms with Gasteiger partial charge in [0.25, 0.3) is 0 Å². The summed E-state index contributed by atoms with van der Waals surface area (Å²) in [7, 11) is 1.90. The van der Waals surface area contributed by atoms with Crippen molar-refractivity contribution in [2.75, 3.05) is 0 Å². The van der Waals surface area contributed by atoms with Crippen LogP contribution in [0.5, 0.6) is 0 Å². The van der Waals surface area contributed by atoms with E-state index in [0.717, 1.165) is 23.7 Å². The number of thiazole rings is 1. The maximum atomic E-state index is 4.33. The summed E-state index contributed by atoms with van der Waals surface area (Å²) >= 11 is 1.69. The summed E-state index contributed by atoms with van der Waals surface area (Å²) < 4.78 is 1.78. The standard InChI is InChI=1S/C10H15N5S/c1-3-9(10-11-4-5-16-10)12-6-8-7-13-14-15(8)2/h4-5,7,9,12H,3,6H2,1-2H3. The Morgan fingerprint density at radius 1 is 1.56 bits per heavy atom. The van der Waals surface area contributed by atoms with Gasteiger partial charge >= 0.3 is 0 Å². The molecule has 1 atom stereocenters. The minimum Gasteiger partial charge on any atom is -0.302 e. The van der Waals surface area contributed by atoms with Crippen LogP contribution in [0.2, 0.25) is 0 Å². The van der Waals surface area contributed by atoms with Gasteiger partial charge in [-0.2, -0.15) is 0 Å². The summed E-state index contributed by atoms with van der Waals surface area (Å²) in [5.74, 6) is 0. The highest BCUT2D eigenvalue weighted by molar-refractivity contribution is 7.09. The molecular weight excluding hydrogens is 222 g/mol. The molecule has 0 radical (unpaired) electrons. The molecule has 0 saturated heterocycles. The molecule has 0 aromatic carbocycles. The van der Waals surface area contributed by atoms with Crippen LogP contribution < -0.4 is 5.32 Å². The van der Waals surface area contributed by atoms with Crippen molar-refractivity contribution in [1.82, 2.24) is 25.3 Å². The van der Waals surface area contributed by atoms with E-state index in [-0.39, 0.29) is 0 Å². The van der Waals surface area contributed by atoms with Crippen molar-refractivity contribution in [1.29, 1.82) is 0 Å². The fourth-order valence-electron chi connectivity index (χ4n) is 1.51. The number of nitrogens with one attached hydrogen (secondary N) is 1. The topological polar surface area (TPSA) is 55.6 Å². The normalized spacial score (nSPS) is 12.9. The van der Waals surface area contributed by atoms with Crippen LogP contribution >= 0.6 is 11.3 Å². The first kappa shape index (κ1) is 11.2. The molecule has 2 aromatic heterocycles. The van der Waals surface area contributed by atoms with Gasteiger partial charge < -0.3 is 5.32 Å². The molecule has 0 aliphatic carbocycles. The monoisotopic (exact) mass is 237 g/mol. The van der Waals surface area contributed by atoms with Gasteiger partial charge in [0.1, 0.15) is 5.01 Å². The molecule has 2 heterocycles. The molecule has 16 heavy (non-hydrogen) atoms. The summed E-state index contributed by atoms with van der Waals surface area (Å²) in [5.41, 5.74) is 1.08. The Kier molecular flexibility index (Phi) is 3.63. The Labute approximate surface area is 98.5 Å². The van der Waals surface area contributed by atoms with E-state index in [9.17, 15) is 0 Å². The lowest BCUT2D eigenvalue weighted by Crippen LogP contribution is -2.21. The van der Waals surface area contributed by atoms with Crippen molar-refractivity contribution < 1.29 is 0 Å². The van der Waals surface area contributed by atoms with Crippen LogP contribution in [0.3, 0.4) is 0 Å². The zero-order chi connectivity index (χ0) is 11.4. The molecule has 0 spiro atoms. The molecule has 1 N–H and O–H groups in total. The van der Waals surface area contributed by atoms with Gasteiger partial charge in [-0.25, -0.2) is 4.98 Å². The second-order valence-corrected chi connectivity index (χ2v) is 4.49. The van der Waals surface area contributed by atoms with Crippen molar-refractivity contribution in [2.45, 2.75) is 25.9 Å². The number of hydrogen-bond donors (Lipinski definition) is 1. The van der Waals surface area contributed by atoms with E-state index in [1.54, 1.807) is 22.2 Å². The number of aryl methyl sites for hydroxylation is 1. The molecule has 0 bridgehead atoms. The average Bonchev–Trinajstić information content (AvgIpc) is 2.92. The molecule has 86 valence electrons. The van der Waals surface area contributed by atoms with E-state index in [1.165, 1.54) is 0 Å².